The minimum atomic E-state index is -1.18. The van der Waals surface area contributed by atoms with E-state index < -0.39 is 11.3 Å². The van der Waals surface area contributed by atoms with Gasteiger partial charge in [-0.15, -0.1) is 0 Å². The molecule has 5 fully saturated rings. The third-order valence-electron chi connectivity index (χ3n) is 7.48. The molecule has 4 bridgehead atoms. The lowest BCUT2D eigenvalue weighted by Crippen LogP contribution is -2.50. The van der Waals surface area contributed by atoms with E-state index in [-0.39, 0.29) is 17.1 Å². The van der Waals surface area contributed by atoms with Crippen molar-refractivity contribution in [2.24, 2.45) is 34.5 Å². The van der Waals surface area contributed by atoms with Crippen molar-refractivity contribution < 1.29 is 4.79 Å². The number of hydrogen-bond donors (Lipinski definition) is 0. The van der Waals surface area contributed by atoms with Gasteiger partial charge in [-0.2, -0.15) is 10.5 Å². The first-order chi connectivity index (χ1) is 12.1. The lowest BCUT2D eigenvalue weighted by molar-refractivity contribution is -0.145. The lowest BCUT2D eigenvalue weighted by Gasteiger charge is -2.56. The lowest BCUT2D eigenvalue weighted by atomic mass is 9.48. The van der Waals surface area contributed by atoms with Gasteiger partial charge in [0.05, 0.1) is 18.1 Å². The van der Waals surface area contributed by atoms with Crippen LogP contribution in [0.2, 0.25) is 0 Å². The second-order valence-electron chi connectivity index (χ2n) is 8.89. The van der Waals surface area contributed by atoms with Gasteiger partial charge in [0.15, 0.2) is 5.41 Å². The Hall–Kier alpha value is -2.20. The quantitative estimate of drug-likeness (QED) is 0.847. The van der Waals surface area contributed by atoms with E-state index in [2.05, 4.69) is 17.1 Å². The van der Waals surface area contributed by atoms with Crippen LogP contribution in [-0.2, 0) is 4.79 Å². The highest BCUT2D eigenvalue weighted by molar-refractivity contribution is 5.94. The fraction of sp³-hybridized carbons (Fsp3) is 0.619. The van der Waals surface area contributed by atoms with Crippen molar-refractivity contribution in [2.45, 2.75) is 44.4 Å². The van der Waals surface area contributed by atoms with E-state index in [1.165, 1.54) is 19.3 Å². The minimum Gasteiger partial charge on any atom is -0.299 e. The van der Waals surface area contributed by atoms with E-state index in [1.807, 2.05) is 12.1 Å². The highest BCUT2D eigenvalue weighted by atomic mass is 16.1. The molecule has 4 nitrogen and oxygen atoms in total. The Morgan fingerprint density at radius 3 is 2.00 bits per heavy atom. The van der Waals surface area contributed by atoms with Crippen molar-refractivity contribution >= 4 is 5.78 Å². The number of ketones is 1. The van der Waals surface area contributed by atoms with Crippen molar-refractivity contribution in [2.75, 3.05) is 0 Å². The van der Waals surface area contributed by atoms with Gasteiger partial charge < -0.3 is 0 Å². The van der Waals surface area contributed by atoms with Gasteiger partial charge in [-0.05, 0) is 74.0 Å². The summed E-state index contributed by atoms with van der Waals surface area (Å²) in [5, 5.41) is 19.5. The second kappa shape index (κ2) is 4.92. The molecule has 5 saturated carbocycles. The number of hydrogen-bond acceptors (Lipinski definition) is 4. The molecule has 0 aromatic carbocycles. The zero-order chi connectivity index (χ0) is 17.2. The number of aromatic nitrogens is 1. The molecule has 0 saturated heterocycles. The van der Waals surface area contributed by atoms with Crippen molar-refractivity contribution in [1.29, 1.82) is 10.5 Å². The summed E-state index contributed by atoms with van der Waals surface area (Å²) in [6.07, 6.45) is 10.2. The number of nitrogens with zero attached hydrogens (tertiary/aromatic N) is 3. The Bertz CT molecular complexity index is 766. The second-order valence-corrected chi connectivity index (χ2v) is 8.89. The van der Waals surface area contributed by atoms with Gasteiger partial charge in [0.2, 0.25) is 0 Å². The molecule has 0 aliphatic heterocycles. The smallest absolute Gasteiger partial charge is 0.161 e. The molecular formula is C21H21N3O. The van der Waals surface area contributed by atoms with Crippen molar-refractivity contribution in [1.82, 2.24) is 4.98 Å². The first-order valence-electron chi connectivity index (χ1n) is 9.38. The van der Waals surface area contributed by atoms with Crippen LogP contribution in [0.25, 0.3) is 0 Å². The first kappa shape index (κ1) is 15.1. The minimum absolute atomic E-state index is 0.219. The molecule has 0 spiro atoms. The summed E-state index contributed by atoms with van der Waals surface area (Å²) < 4.78 is 0. The number of nitriles is 2. The van der Waals surface area contributed by atoms with Crippen LogP contribution in [0.5, 0.6) is 0 Å². The third-order valence-corrected chi connectivity index (χ3v) is 7.48. The highest BCUT2D eigenvalue weighted by Gasteiger charge is 2.73. The summed E-state index contributed by atoms with van der Waals surface area (Å²) in [7, 11) is 0. The summed E-state index contributed by atoms with van der Waals surface area (Å²) in [4.78, 5) is 17.7. The fourth-order valence-corrected chi connectivity index (χ4v) is 6.82. The number of rotatable bonds is 3. The van der Waals surface area contributed by atoms with Gasteiger partial charge >= 0.3 is 0 Å². The third kappa shape index (κ3) is 1.92. The van der Waals surface area contributed by atoms with Gasteiger partial charge in [0, 0.05) is 23.7 Å². The van der Waals surface area contributed by atoms with Gasteiger partial charge in [0.1, 0.15) is 5.78 Å². The highest BCUT2D eigenvalue weighted by Crippen LogP contribution is 2.70. The van der Waals surface area contributed by atoms with Crippen LogP contribution in [0.4, 0.5) is 0 Å². The van der Waals surface area contributed by atoms with E-state index in [0.29, 0.717) is 17.8 Å². The molecule has 0 radical (unpaired) electrons. The molecule has 2 atom stereocenters. The molecule has 1 heterocycles. The Kier molecular flexibility index (Phi) is 2.97. The SMILES string of the molecule is N#CC1(C#N)C(c2ccncc2)[C@@H]1C(=O)C12CC3CC(CC(C3)C1)C2. The molecule has 1 aromatic heterocycles. The van der Waals surface area contributed by atoms with Crippen LogP contribution in [-0.4, -0.2) is 10.8 Å². The number of carbonyl (C=O) groups is 1. The molecule has 5 aliphatic carbocycles. The van der Waals surface area contributed by atoms with Crippen LogP contribution in [0.15, 0.2) is 24.5 Å². The normalized spacial score (nSPS) is 42.4. The van der Waals surface area contributed by atoms with Crippen molar-refractivity contribution in [3.63, 3.8) is 0 Å². The molecule has 0 N–H and O–H groups in total. The first-order valence-corrected chi connectivity index (χ1v) is 9.38. The van der Waals surface area contributed by atoms with Gasteiger partial charge in [-0.3, -0.25) is 9.78 Å². The van der Waals surface area contributed by atoms with E-state index in [4.69, 9.17) is 0 Å². The molecule has 5 aliphatic rings. The standard InChI is InChI=1S/C21H21N3O/c22-11-21(12-23)17(16-1-3-24-4-2-16)18(21)19(25)20-8-13-5-14(9-20)7-15(6-13)10-20/h1-4,13-15,17-18H,5-10H2/t13?,14?,15?,17?,18-,20?/m1/s1. The van der Waals surface area contributed by atoms with Crippen molar-refractivity contribution in [3.8, 4) is 12.1 Å². The molecule has 1 aromatic rings. The van der Waals surface area contributed by atoms with E-state index >= 15 is 0 Å². The summed E-state index contributed by atoms with van der Waals surface area (Å²) in [6, 6.07) is 8.12. The van der Waals surface area contributed by atoms with Crippen LogP contribution < -0.4 is 0 Å². The Labute approximate surface area is 147 Å². The predicted octanol–water partition coefficient (Wildman–Crippen LogP) is 3.61. The van der Waals surface area contributed by atoms with E-state index in [9.17, 15) is 15.3 Å². The summed E-state index contributed by atoms with van der Waals surface area (Å²) in [5.41, 5.74) is -0.525. The maximum absolute atomic E-state index is 13.7. The maximum Gasteiger partial charge on any atom is 0.161 e. The average molecular weight is 331 g/mol. The molecule has 25 heavy (non-hydrogen) atoms. The maximum atomic E-state index is 13.7. The summed E-state index contributed by atoms with van der Waals surface area (Å²) in [6.45, 7) is 0. The molecule has 0 amide bonds. The molecule has 1 unspecified atom stereocenters. The average Bonchev–Trinajstić information content (AvgIpc) is 3.30. The van der Waals surface area contributed by atoms with Gasteiger partial charge in [0.25, 0.3) is 0 Å². The number of Topliss-reactive ketones (excluding diaryl/α,β-unsaturated/α-hetero) is 1. The zero-order valence-electron chi connectivity index (χ0n) is 14.2. The van der Waals surface area contributed by atoms with Gasteiger partial charge in [-0.25, -0.2) is 0 Å². The van der Waals surface area contributed by atoms with Crippen LogP contribution in [0.1, 0.15) is 50.0 Å². The molecule has 126 valence electrons. The molecular weight excluding hydrogens is 310 g/mol. The van der Waals surface area contributed by atoms with Crippen LogP contribution in [0.3, 0.4) is 0 Å². The van der Waals surface area contributed by atoms with E-state index in [0.717, 1.165) is 24.8 Å². The van der Waals surface area contributed by atoms with Gasteiger partial charge in [-0.1, -0.05) is 0 Å². The number of carbonyl (C=O) groups excluding carboxylic acids is 1. The zero-order valence-corrected chi connectivity index (χ0v) is 14.2. The fourth-order valence-electron chi connectivity index (χ4n) is 6.82. The Balaban J connectivity index is 1.51. The molecule has 6 rings (SSSR count). The van der Waals surface area contributed by atoms with Crippen molar-refractivity contribution in [3.05, 3.63) is 30.1 Å². The van der Waals surface area contributed by atoms with Crippen LogP contribution in [0, 0.1) is 57.2 Å². The summed E-state index contributed by atoms with van der Waals surface area (Å²) >= 11 is 0. The topological polar surface area (TPSA) is 77.5 Å². The Morgan fingerprint density at radius 1 is 1.00 bits per heavy atom. The van der Waals surface area contributed by atoms with E-state index in [1.54, 1.807) is 12.4 Å². The number of pyridine rings is 1. The predicted molar refractivity (Wildman–Crippen MR) is 89.7 cm³/mol. The Morgan fingerprint density at radius 2 is 1.52 bits per heavy atom. The summed E-state index contributed by atoms with van der Waals surface area (Å²) in [5.74, 6) is 1.54. The largest absolute Gasteiger partial charge is 0.299 e. The van der Waals surface area contributed by atoms with Crippen LogP contribution >= 0.6 is 0 Å². The molecule has 4 heteroatoms. The monoisotopic (exact) mass is 331 g/mol.